The summed E-state index contributed by atoms with van der Waals surface area (Å²) in [6, 6.07) is 12.7. The fourth-order valence-corrected chi connectivity index (χ4v) is 5.44. The van der Waals surface area contributed by atoms with Crippen molar-refractivity contribution < 1.29 is 14.4 Å². The average molecular weight is 524 g/mol. The third kappa shape index (κ3) is 5.05. The number of fused-ring (bicyclic) bond motifs is 2. The molecule has 198 valence electrons. The first-order valence-corrected chi connectivity index (χ1v) is 13.1. The molecule has 1 saturated heterocycles. The van der Waals surface area contributed by atoms with Crippen LogP contribution in [0.1, 0.15) is 46.3 Å². The molecule has 1 aromatic heterocycles. The standard InChI is InChI=1S/C29H29N7O3/c1-17-8-11-24(27(38)32-17)36-16-22-21(28(36)39)6-3-7-23(22)34-26(37)15-31-25-12-13-30-29(35-25)33-20-10-9-18-4-2-5-19(18)14-20/h3,6-7,9-10,12-14,24H,1-2,4-5,8,11,15-16H2,(H,32,38)(H,34,37)(H2,30,31,33,35). The van der Waals surface area contributed by atoms with E-state index < -0.39 is 6.04 Å². The molecule has 4 N–H and O–H groups in total. The minimum Gasteiger partial charge on any atom is -0.361 e. The zero-order chi connectivity index (χ0) is 26.9. The Labute approximate surface area is 225 Å². The van der Waals surface area contributed by atoms with Crippen LogP contribution in [0.15, 0.2) is 60.9 Å². The van der Waals surface area contributed by atoms with Gasteiger partial charge in [0.05, 0.1) is 6.54 Å². The average Bonchev–Trinajstić information content (AvgIpc) is 3.52. The second kappa shape index (κ2) is 10.2. The van der Waals surface area contributed by atoms with Crippen LogP contribution in [-0.2, 0) is 29.0 Å². The van der Waals surface area contributed by atoms with Crippen molar-refractivity contribution in [1.29, 1.82) is 0 Å². The van der Waals surface area contributed by atoms with Gasteiger partial charge in [0.1, 0.15) is 11.9 Å². The molecule has 0 spiro atoms. The zero-order valence-electron chi connectivity index (χ0n) is 21.4. The summed E-state index contributed by atoms with van der Waals surface area (Å²) < 4.78 is 0. The summed E-state index contributed by atoms with van der Waals surface area (Å²) in [4.78, 5) is 48.7. The Morgan fingerprint density at radius 3 is 2.85 bits per heavy atom. The Bertz CT molecular complexity index is 1500. The van der Waals surface area contributed by atoms with Crippen molar-refractivity contribution in [2.24, 2.45) is 0 Å². The van der Waals surface area contributed by atoms with Crippen molar-refractivity contribution in [3.63, 3.8) is 0 Å². The highest BCUT2D eigenvalue weighted by Gasteiger charge is 2.39. The van der Waals surface area contributed by atoms with Crippen LogP contribution in [0.4, 0.5) is 23.1 Å². The largest absolute Gasteiger partial charge is 0.361 e. The SMILES string of the molecule is C=C1CCC(N2Cc3c(NC(=O)CNc4ccnc(Nc5ccc6c(c5)CCC6)n4)cccc3C2=O)C(=O)N1. The van der Waals surface area contributed by atoms with Gasteiger partial charge in [-0.3, -0.25) is 14.4 Å². The summed E-state index contributed by atoms with van der Waals surface area (Å²) in [5.74, 6) is 0.225. The number of amides is 3. The lowest BCUT2D eigenvalue weighted by Crippen LogP contribution is -2.49. The minimum atomic E-state index is -0.557. The first-order valence-electron chi connectivity index (χ1n) is 13.1. The van der Waals surface area contributed by atoms with Gasteiger partial charge in [0.25, 0.3) is 5.91 Å². The summed E-state index contributed by atoms with van der Waals surface area (Å²) in [5, 5.41) is 11.9. The molecule has 0 saturated carbocycles. The van der Waals surface area contributed by atoms with E-state index in [0.29, 0.717) is 47.1 Å². The smallest absolute Gasteiger partial charge is 0.255 e. The number of hydrogen-bond donors (Lipinski definition) is 4. The van der Waals surface area contributed by atoms with Crippen molar-refractivity contribution in [2.75, 3.05) is 22.5 Å². The molecule has 1 aliphatic carbocycles. The van der Waals surface area contributed by atoms with Crippen LogP contribution in [0.3, 0.4) is 0 Å². The van der Waals surface area contributed by atoms with Gasteiger partial charge >= 0.3 is 0 Å². The number of nitrogens with zero attached hydrogens (tertiary/aromatic N) is 3. The number of aromatic nitrogens is 2. The fourth-order valence-electron chi connectivity index (χ4n) is 5.44. The quantitative estimate of drug-likeness (QED) is 0.373. The molecule has 1 atom stereocenters. The minimum absolute atomic E-state index is 0.0240. The molecule has 6 rings (SSSR count). The second-order valence-corrected chi connectivity index (χ2v) is 10.0. The lowest BCUT2D eigenvalue weighted by molar-refractivity contribution is -0.126. The summed E-state index contributed by atoms with van der Waals surface area (Å²) in [5.41, 5.74) is 6.11. The molecule has 1 fully saturated rings. The number of carbonyl (C=O) groups is 3. The number of carbonyl (C=O) groups excluding carboxylic acids is 3. The molecule has 3 aliphatic rings. The highest BCUT2D eigenvalue weighted by Crippen LogP contribution is 2.33. The Balaban J connectivity index is 1.08. The van der Waals surface area contributed by atoms with Crippen molar-refractivity contribution in [3.8, 4) is 0 Å². The number of anilines is 4. The zero-order valence-corrected chi connectivity index (χ0v) is 21.4. The summed E-state index contributed by atoms with van der Waals surface area (Å²) in [6.07, 6.45) is 6.18. The molecule has 3 amide bonds. The normalized spacial score (nSPS) is 17.9. The summed E-state index contributed by atoms with van der Waals surface area (Å²) in [7, 11) is 0. The van der Waals surface area contributed by atoms with E-state index in [2.05, 4.69) is 49.9 Å². The molecule has 2 aliphatic heterocycles. The van der Waals surface area contributed by atoms with Crippen LogP contribution in [0.25, 0.3) is 0 Å². The third-order valence-electron chi connectivity index (χ3n) is 7.41. The maximum absolute atomic E-state index is 13.1. The number of nitrogens with one attached hydrogen (secondary N) is 4. The Kier molecular flexibility index (Phi) is 6.44. The van der Waals surface area contributed by atoms with Gasteiger partial charge in [0.15, 0.2) is 0 Å². The Morgan fingerprint density at radius 1 is 1.10 bits per heavy atom. The molecule has 10 nitrogen and oxygen atoms in total. The number of piperidine rings is 1. The van der Waals surface area contributed by atoms with E-state index in [1.807, 2.05) is 6.07 Å². The van der Waals surface area contributed by atoms with E-state index in [9.17, 15) is 14.4 Å². The van der Waals surface area contributed by atoms with Crippen LogP contribution in [0.5, 0.6) is 0 Å². The number of hydrogen-bond acceptors (Lipinski definition) is 7. The van der Waals surface area contributed by atoms with Gasteiger partial charge < -0.3 is 26.2 Å². The van der Waals surface area contributed by atoms with Crippen molar-refractivity contribution in [1.82, 2.24) is 20.2 Å². The van der Waals surface area contributed by atoms with E-state index in [4.69, 9.17) is 0 Å². The molecule has 0 radical (unpaired) electrons. The summed E-state index contributed by atoms with van der Waals surface area (Å²) in [6.45, 7) is 4.04. The highest BCUT2D eigenvalue weighted by atomic mass is 16.2. The van der Waals surface area contributed by atoms with Gasteiger partial charge in [-0.25, -0.2) is 4.98 Å². The van der Waals surface area contributed by atoms with E-state index in [1.54, 1.807) is 35.4 Å². The van der Waals surface area contributed by atoms with Crippen LogP contribution in [0, 0.1) is 0 Å². The van der Waals surface area contributed by atoms with Gasteiger partial charge in [-0.1, -0.05) is 18.7 Å². The van der Waals surface area contributed by atoms with Crippen LogP contribution < -0.4 is 21.3 Å². The monoisotopic (exact) mass is 523 g/mol. The van der Waals surface area contributed by atoms with E-state index >= 15 is 0 Å². The molecular weight excluding hydrogens is 494 g/mol. The van der Waals surface area contributed by atoms with Crippen LogP contribution in [0.2, 0.25) is 0 Å². The fraction of sp³-hybridized carbons (Fsp3) is 0.276. The first kappa shape index (κ1) is 24.6. The van der Waals surface area contributed by atoms with E-state index in [1.165, 1.54) is 17.5 Å². The molecule has 2 aromatic carbocycles. The lowest BCUT2D eigenvalue weighted by atomic mass is 10.0. The van der Waals surface area contributed by atoms with Gasteiger partial charge in [0.2, 0.25) is 17.8 Å². The third-order valence-corrected chi connectivity index (χ3v) is 7.41. The number of aryl methyl sites for hydroxylation is 2. The van der Waals surface area contributed by atoms with Gasteiger partial charge in [-0.15, -0.1) is 0 Å². The molecular formula is C29H29N7O3. The Morgan fingerprint density at radius 2 is 1.97 bits per heavy atom. The van der Waals surface area contributed by atoms with E-state index in [0.717, 1.165) is 18.5 Å². The van der Waals surface area contributed by atoms with Crippen LogP contribution in [-0.4, -0.2) is 45.2 Å². The second-order valence-electron chi connectivity index (χ2n) is 10.0. The maximum atomic E-state index is 13.1. The number of allylic oxidation sites excluding steroid dienone is 1. The van der Waals surface area contributed by atoms with Crippen molar-refractivity contribution in [3.05, 3.63) is 83.2 Å². The predicted molar refractivity (Wildman–Crippen MR) is 148 cm³/mol. The molecule has 10 heteroatoms. The highest BCUT2D eigenvalue weighted by molar-refractivity contribution is 6.04. The summed E-state index contributed by atoms with van der Waals surface area (Å²) >= 11 is 0. The molecule has 3 heterocycles. The topological polar surface area (TPSA) is 128 Å². The lowest BCUT2D eigenvalue weighted by Gasteiger charge is -2.31. The first-order chi connectivity index (χ1) is 18.9. The van der Waals surface area contributed by atoms with Gasteiger partial charge in [-0.05, 0) is 73.6 Å². The number of benzene rings is 2. The van der Waals surface area contributed by atoms with E-state index in [-0.39, 0.29) is 30.8 Å². The molecule has 39 heavy (non-hydrogen) atoms. The van der Waals surface area contributed by atoms with Gasteiger partial charge in [0, 0.05) is 40.9 Å². The van der Waals surface area contributed by atoms with Crippen LogP contribution >= 0.6 is 0 Å². The number of rotatable bonds is 7. The van der Waals surface area contributed by atoms with Crippen molar-refractivity contribution >= 4 is 40.9 Å². The predicted octanol–water partition coefficient (Wildman–Crippen LogP) is 3.51. The van der Waals surface area contributed by atoms with Crippen molar-refractivity contribution in [2.45, 2.75) is 44.7 Å². The maximum Gasteiger partial charge on any atom is 0.255 e. The van der Waals surface area contributed by atoms with Gasteiger partial charge in [-0.2, -0.15) is 4.98 Å². The molecule has 0 bridgehead atoms. The Hall–Kier alpha value is -4.73. The molecule has 1 unspecified atom stereocenters. The molecule has 3 aromatic rings.